The van der Waals surface area contributed by atoms with Gasteiger partial charge in [-0.05, 0) is 66.7 Å². The number of halogens is 1. The monoisotopic (exact) mass is 408 g/mol. The highest BCUT2D eigenvalue weighted by Crippen LogP contribution is 2.32. The van der Waals surface area contributed by atoms with Gasteiger partial charge in [0.1, 0.15) is 11.5 Å². The lowest BCUT2D eigenvalue weighted by molar-refractivity contribution is 0.0926. The first-order valence-electron chi connectivity index (χ1n) is 7.85. The Balaban J connectivity index is 1.65. The van der Waals surface area contributed by atoms with Crippen molar-refractivity contribution < 1.29 is 14.3 Å². The number of nitrogens with two attached hydrogens (primary N) is 1. The van der Waals surface area contributed by atoms with Crippen LogP contribution in [0.25, 0.3) is 0 Å². The van der Waals surface area contributed by atoms with Crippen molar-refractivity contribution in [1.82, 2.24) is 0 Å². The predicted molar refractivity (Wildman–Crippen MR) is 103 cm³/mol. The molecule has 0 radical (unpaired) electrons. The van der Waals surface area contributed by atoms with Crippen LogP contribution in [0.1, 0.15) is 20.7 Å². The van der Waals surface area contributed by atoms with Gasteiger partial charge in [-0.3, -0.25) is 9.59 Å². The molecule has 1 aliphatic heterocycles. The summed E-state index contributed by atoms with van der Waals surface area (Å²) in [6.07, 6.45) is 0. The Morgan fingerprint density at radius 2 is 1.38 bits per heavy atom. The highest BCUT2D eigenvalue weighted by molar-refractivity contribution is 9.10. The van der Waals surface area contributed by atoms with Crippen molar-refractivity contribution in [3.63, 3.8) is 0 Å². The van der Waals surface area contributed by atoms with Crippen molar-refractivity contribution in [2.75, 3.05) is 10.6 Å². The van der Waals surface area contributed by atoms with E-state index < -0.39 is 0 Å². The zero-order valence-corrected chi connectivity index (χ0v) is 15.1. The summed E-state index contributed by atoms with van der Waals surface area (Å²) in [6.45, 7) is 0. The number of benzene rings is 3. The number of ether oxygens (including phenoxy) is 1. The van der Waals surface area contributed by atoms with Gasteiger partial charge in [-0.2, -0.15) is 0 Å². The molecule has 0 saturated heterocycles. The molecule has 2 N–H and O–H groups in total. The van der Waals surface area contributed by atoms with Crippen molar-refractivity contribution >= 4 is 39.1 Å². The van der Waals surface area contributed by atoms with Gasteiger partial charge < -0.3 is 10.5 Å². The maximum Gasteiger partial charge on any atom is 0.266 e. The topological polar surface area (TPSA) is 72.6 Å². The fourth-order valence-electron chi connectivity index (χ4n) is 2.78. The fraction of sp³-hybridized carbons (Fsp3) is 0. The first-order valence-corrected chi connectivity index (χ1v) is 8.64. The Morgan fingerprint density at radius 3 is 2.08 bits per heavy atom. The number of carbonyl (C=O) groups is 2. The molecule has 6 heteroatoms. The molecule has 5 nitrogen and oxygen atoms in total. The predicted octanol–water partition coefficient (Wildman–Crippen LogP) is 4.62. The van der Waals surface area contributed by atoms with E-state index in [-0.39, 0.29) is 11.8 Å². The van der Waals surface area contributed by atoms with E-state index in [2.05, 4.69) is 15.9 Å². The van der Waals surface area contributed by atoms with Crippen LogP contribution in [0.2, 0.25) is 0 Å². The molecule has 0 fully saturated rings. The number of nitrogen functional groups attached to an aromatic ring is 1. The van der Waals surface area contributed by atoms with Crippen LogP contribution in [0.4, 0.5) is 11.4 Å². The number of carbonyl (C=O) groups excluding carboxylic acids is 2. The van der Waals surface area contributed by atoms with Crippen LogP contribution in [-0.2, 0) is 0 Å². The standard InChI is InChI=1S/C20H13BrN2O3/c21-12-1-5-14(6-2-12)23-19(24)17-10-9-16(11-18(17)20(23)25)26-15-7-3-13(22)4-8-15/h1-11H,22H2. The fourth-order valence-corrected chi connectivity index (χ4v) is 3.04. The van der Waals surface area contributed by atoms with E-state index in [9.17, 15) is 9.59 Å². The summed E-state index contributed by atoms with van der Waals surface area (Å²) in [5, 5.41) is 0. The molecule has 1 aliphatic rings. The van der Waals surface area contributed by atoms with Crippen LogP contribution in [0.3, 0.4) is 0 Å². The molecule has 0 atom stereocenters. The minimum atomic E-state index is -0.366. The molecule has 128 valence electrons. The van der Waals surface area contributed by atoms with E-state index in [1.54, 1.807) is 66.7 Å². The van der Waals surface area contributed by atoms with E-state index in [0.717, 1.165) is 4.47 Å². The number of rotatable bonds is 3. The summed E-state index contributed by atoms with van der Waals surface area (Å²) in [6, 6.07) is 18.8. The number of hydrogen-bond donors (Lipinski definition) is 1. The Bertz CT molecular complexity index is 1010. The molecule has 1 heterocycles. The number of hydrogen-bond acceptors (Lipinski definition) is 4. The number of nitrogens with zero attached hydrogens (tertiary/aromatic N) is 1. The van der Waals surface area contributed by atoms with Crippen LogP contribution in [0.5, 0.6) is 11.5 Å². The van der Waals surface area contributed by atoms with Gasteiger partial charge in [-0.15, -0.1) is 0 Å². The number of anilines is 2. The van der Waals surface area contributed by atoms with Crippen LogP contribution in [0.15, 0.2) is 71.2 Å². The largest absolute Gasteiger partial charge is 0.457 e. The molecule has 0 aliphatic carbocycles. The lowest BCUT2D eigenvalue weighted by atomic mass is 10.1. The molecule has 26 heavy (non-hydrogen) atoms. The molecule has 0 aromatic heterocycles. The minimum Gasteiger partial charge on any atom is -0.457 e. The minimum absolute atomic E-state index is 0.325. The molecule has 0 unspecified atom stereocenters. The van der Waals surface area contributed by atoms with E-state index >= 15 is 0 Å². The third kappa shape index (κ3) is 2.84. The van der Waals surface area contributed by atoms with Gasteiger partial charge in [-0.25, -0.2) is 4.90 Å². The normalized spacial score (nSPS) is 13.0. The van der Waals surface area contributed by atoms with E-state index in [1.165, 1.54) is 4.90 Å². The van der Waals surface area contributed by atoms with Crippen molar-refractivity contribution in [2.45, 2.75) is 0 Å². The quantitative estimate of drug-likeness (QED) is 0.506. The molecule has 0 bridgehead atoms. The molecule has 3 aromatic rings. The van der Waals surface area contributed by atoms with Gasteiger partial charge in [0, 0.05) is 10.2 Å². The SMILES string of the molecule is Nc1ccc(Oc2ccc3c(c2)C(=O)N(c2ccc(Br)cc2)C3=O)cc1. The van der Waals surface area contributed by atoms with Crippen molar-refractivity contribution in [3.05, 3.63) is 82.3 Å². The van der Waals surface area contributed by atoms with E-state index in [4.69, 9.17) is 10.5 Å². The van der Waals surface area contributed by atoms with Crippen LogP contribution >= 0.6 is 15.9 Å². The molecular formula is C20H13BrN2O3. The number of imide groups is 1. The zero-order valence-electron chi connectivity index (χ0n) is 13.5. The van der Waals surface area contributed by atoms with Crippen molar-refractivity contribution in [1.29, 1.82) is 0 Å². The zero-order chi connectivity index (χ0) is 18.3. The van der Waals surface area contributed by atoms with Gasteiger partial charge >= 0.3 is 0 Å². The highest BCUT2D eigenvalue weighted by Gasteiger charge is 2.36. The Morgan fingerprint density at radius 1 is 0.769 bits per heavy atom. The lowest BCUT2D eigenvalue weighted by Gasteiger charge is -2.13. The van der Waals surface area contributed by atoms with Gasteiger partial charge in [0.15, 0.2) is 0 Å². The average Bonchev–Trinajstić information content (AvgIpc) is 2.89. The Kier molecular flexibility index (Phi) is 3.97. The van der Waals surface area contributed by atoms with E-state index in [0.29, 0.717) is 34.0 Å². The Hall–Kier alpha value is -3.12. The summed E-state index contributed by atoms with van der Waals surface area (Å²) >= 11 is 3.35. The summed E-state index contributed by atoms with van der Waals surface area (Å²) in [4.78, 5) is 26.6. The van der Waals surface area contributed by atoms with Crippen molar-refractivity contribution in [2.24, 2.45) is 0 Å². The number of amides is 2. The maximum absolute atomic E-state index is 12.8. The summed E-state index contributed by atoms with van der Waals surface area (Å²) in [5.41, 5.74) is 7.51. The smallest absolute Gasteiger partial charge is 0.266 e. The third-order valence-corrected chi connectivity index (χ3v) is 4.59. The summed E-state index contributed by atoms with van der Waals surface area (Å²) < 4.78 is 6.63. The molecule has 2 amide bonds. The molecule has 3 aromatic carbocycles. The molecule has 0 saturated carbocycles. The lowest BCUT2D eigenvalue weighted by Crippen LogP contribution is -2.29. The second kappa shape index (κ2) is 6.31. The van der Waals surface area contributed by atoms with Crippen LogP contribution in [-0.4, -0.2) is 11.8 Å². The second-order valence-corrected chi connectivity index (χ2v) is 6.72. The first-order chi connectivity index (χ1) is 12.5. The van der Waals surface area contributed by atoms with E-state index in [1.807, 2.05) is 0 Å². The van der Waals surface area contributed by atoms with Crippen LogP contribution < -0.4 is 15.4 Å². The van der Waals surface area contributed by atoms with Gasteiger partial charge in [0.05, 0.1) is 16.8 Å². The van der Waals surface area contributed by atoms with Gasteiger partial charge in [-0.1, -0.05) is 15.9 Å². The molecule has 4 rings (SSSR count). The summed E-state index contributed by atoms with van der Waals surface area (Å²) in [5.74, 6) is 0.370. The highest BCUT2D eigenvalue weighted by atomic mass is 79.9. The average molecular weight is 409 g/mol. The Labute approximate surface area is 158 Å². The maximum atomic E-state index is 12.8. The third-order valence-electron chi connectivity index (χ3n) is 4.06. The van der Waals surface area contributed by atoms with Crippen molar-refractivity contribution in [3.8, 4) is 11.5 Å². The van der Waals surface area contributed by atoms with Crippen LogP contribution in [0, 0.1) is 0 Å². The molecule has 0 spiro atoms. The number of fused-ring (bicyclic) bond motifs is 1. The first kappa shape index (κ1) is 16.4. The second-order valence-electron chi connectivity index (χ2n) is 5.80. The summed E-state index contributed by atoms with van der Waals surface area (Å²) in [7, 11) is 0. The van der Waals surface area contributed by atoms with Gasteiger partial charge in [0.25, 0.3) is 11.8 Å². The molecular weight excluding hydrogens is 396 g/mol. The van der Waals surface area contributed by atoms with Gasteiger partial charge in [0.2, 0.25) is 0 Å².